The smallest absolute Gasteiger partial charge is 0.229 e. The van der Waals surface area contributed by atoms with Gasteiger partial charge in [0, 0.05) is 61.1 Å². The fourth-order valence-corrected chi connectivity index (χ4v) is 4.34. The van der Waals surface area contributed by atoms with Crippen LogP contribution in [0.2, 0.25) is 0 Å². The SMILES string of the molecule is CC.CC(=O)CCC(=O)c1ccc2c(c1)N(c1ncc(-c3cccc(C)n3)cn1)CC21CC1.[HH]. The molecule has 0 bridgehead atoms. The molecule has 1 aliphatic carbocycles. The molecule has 1 spiro atoms. The summed E-state index contributed by atoms with van der Waals surface area (Å²) in [4.78, 5) is 39.8. The largest absolute Gasteiger partial charge is 0.309 e. The zero-order valence-electron chi connectivity index (χ0n) is 19.8. The maximum absolute atomic E-state index is 12.6. The van der Waals surface area contributed by atoms with Gasteiger partial charge in [0.15, 0.2) is 5.78 Å². The van der Waals surface area contributed by atoms with Crippen LogP contribution in [0.1, 0.15) is 69.5 Å². The molecular weight excluding hydrogens is 412 g/mol. The molecule has 0 saturated heterocycles. The van der Waals surface area contributed by atoms with E-state index in [1.165, 1.54) is 12.5 Å². The van der Waals surface area contributed by atoms with Crippen LogP contribution in [0.25, 0.3) is 11.3 Å². The summed E-state index contributed by atoms with van der Waals surface area (Å²) in [6, 6.07) is 11.8. The number of Topliss-reactive ketones (excluding diaryl/α,β-unsaturated/α-hetero) is 2. The monoisotopic (exact) mass is 444 g/mol. The van der Waals surface area contributed by atoms with Crippen molar-refractivity contribution in [2.45, 2.75) is 58.8 Å². The number of fused-ring (bicyclic) bond motifs is 2. The van der Waals surface area contributed by atoms with Crippen LogP contribution in [0.4, 0.5) is 11.6 Å². The highest BCUT2D eigenvalue weighted by Crippen LogP contribution is 2.57. The van der Waals surface area contributed by atoms with Gasteiger partial charge >= 0.3 is 0 Å². The lowest BCUT2D eigenvalue weighted by molar-refractivity contribution is -0.116. The van der Waals surface area contributed by atoms with Crippen LogP contribution in [0.15, 0.2) is 48.8 Å². The normalized spacial score (nSPS) is 15.0. The van der Waals surface area contributed by atoms with E-state index in [0.717, 1.165) is 42.0 Å². The van der Waals surface area contributed by atoms with E-state index in [1.807, 2.05) is 63.5 Å². The van der Waals surface area contributed by atoms with E-state index in [4.69, 9.17) is 0 Å². The van der Waals surface area contributed by atoms with Crippen LogP contribution in [-0.4, -0.2) is 33.1 Å². The number of hydrogen-bond acceptors (Lipinski definition) is 6. The molecule has 2 aliphatic rings. The molecule has 1 aliphatic heterocycles. The molecule has 1 aromatic carbocycles. The summed E-state index contributed by atoms with van der Waals surface area (Å²) in [7, 11) is 0. The third-order valence-electron chi connectivity index (χ3n) is 6.26. The maximum atomic E-state index is 12.6. The molecule has 0 radical (unpaired) electrons. The number of pyridine rings is 1. The van der Waals surface area contributed by atoms with Crippen molar-refractivity contribution in [3.05, 3.63) is 65.6 Å². The predicted molar refractivity (Wildman–Crippen MR) is 132 cm³/mol. The first kappa shape index (κ1) is 22.8. The van der Waals surface area contributed by atoms with Gasteiger partial charge in [0.2, 0.25) is 5.95 Å². The molecule has 6 heteroatoms. The number of anilines is 2. The van der Waals surface area contributed by atoms with Gasteiger partial charge in [-0.15, -0.1) is 0 Å². The maximum Gasteiger partial charge on any atom is 0.229 e. The first-order valence-corrected chi connectivity index (χ1v) is 11.7. The van der Waals surface area contributed by atoms with E-state index in [0.29, 0.717) is 11.5 Å². The van der Waals surface area contributed by atoms with Crippen LogP contribution in [-0.2, 0) is 10.2 Å². The molecule has 5 rings (SSSR count). The summed E-state index contributed by atoms with van der Waals surface area (Å²) < 4.78 is 0. The third-order valence-corrected chi connectivity index (χ3v) is 6.26. The zero-order valence-corrected chi connectivity index (χ0v) is 19.8. The lowest BCUT2D eigenvalue weighted by Gasteiger charge is -2.18. The number of carbonyl (C=O) groups is 2. The number of ketones is 2. The van der Waals surface area contributed by atoms with Crippen molar-refractivity contribution < 1.29 is 11.0 Å². The molecule has 1 fully saturated rings. The van der Waals surface area contributed by atoms with Gasteiger partial charge in [0.05, 0.1) is 5.69 Å². The number of aromatic nitrogens is 3. The van der Waals surface area contributed by atoms with Crippen molar-refractivity contribution in [2.24, 2.45) is 0 Å². The van der Waals surface area contributed by atoms with E-state index in [2.05, 4.69) is 25.9 Å². The van der Waals surface area contributed by atoms with Crippen molar-refractivity contribution >= 4 is 23.2 Å². The second-order valence-corrected chi connectivity index (χ2v) is 8.66. The Balaban J connectivity index is 0.00000105. The predicted octanol–water partition coefficient (Wildman–Crippen LogP) is 5.85. The fourth-order valence-electron chi connectivity index (χ4n) is 4.34. The number of nitrogens with zero attached hydrogens (tertiary/aromatic N) is 4. The molecule has 0 unspecified atom stereocenters. The quantitative estimate of drug-likeness (QED) is 0.444. The number of benzene rings is 1. The van der Waals surface area contributed by atoms with E-state index in [9.17, 15) is 9.59 Å². The topological polar surface area (TPSA) is 76.1 Å². The summed E-state index contributed by atoms with van der Waals surface area (Å²) >= 11 is 0. The van der Waals surface area contributed by atoms with Crippen molar-refractivity contribution in [1.82, 2.24) is 15.0 Å². The van der Waals surface area contributed by atoms with Gasteiger partial charge in [-0.25, -0.2) is 9.97 Å². The van der Waals surface area contributed by atoms with Crippen LogP contribution < -0.4 is 4.90 Å². The van der Waals surface area contributed by atoms with Crippen molar-refractivity contribution in [3.63, 3.8) is 0 Å². The first-order valence-electron chi connectivity index (χ1n) is 11.7. The molecule has 0 amide bonds. The van der Waals surface area contributed by atoms with Crippen molar-refractivity contribution in [3.8, 4) is 11.3 Å². The molecule has 0 atom stereocenters. The van der Waals surface area contributed by atoms with Gasteiger partial charge in [-0.3, -0.25) is 9.78 Å². The minimum absolute atomic E-state index is 0. The Morgan fingerprint density at radius 3 is 2.42 bits per heavy atom. The van der Waals surface area contributed by atoms with Crippen molar-refractivity contribution in [1.29, 1.82) is 0 Å². The van der Waals surface area contributed by atoms with E-state index >= 15 is 0 Å². The second kappa shape index (κ2) is 9.22. The number of aryl methyl sites for hydroxylation is 1. The van der Waals surface area contributed by atoms with E-state index in [-0.39, 0.29) is 31.2 Å². The van der Waals surface area contributed by atoms with Gasteiger partial charge in [-0.05, 0) is 50.5 Å². The molecule has 6 nitrogen and oxygen atoms in total. The Labute approximate surface area is 196 Å². The van der Waals surface area contributed by atoms with Gasteiger partial charge in [-0.2, -0.15) is 0 Å². The number of carbonyl (C=O) groups excluding carboxylic acids is 2. The zero-order chi connectivity index (χ0) is 23.6. The highest BCUT2D eigenvalue weighted by molar-refractivity contribution is 5.99. The summed E-state index contributed by atoms with van der Waals surface area (Å²) in [6.45, 7) is 8.31. The van der Waals surface area contributed by atoms with Crippen LogP contribution in [0.3, 0.4) is 0 Å². The minimum atomic E-state index is -0.00325. The van der Waals surface area contributed by atoms with Crippen molar-refractivity contribution in [2.75, 3.05) is 11.4 Å². The van der Waals surface area contributed by atoms with Gasteiger partial charge < -0.3 is 9.69 Å². The van der Waals surface area contributed by atoms with E-state index in [1.54, 1.807) is 0 Å². The number of rotatable bonds is 6. The highest BCUT2D eigenvalue weighted by Gasteiger charge is 2.52. The Bertz CT molecular complexity index is 1190. The highest BCUT2D eigenvalue weighted by atomic mass is 16.1. The molecular formula is C27H32N4O2. The van der Waals surface area contributed by atoms with Crippen LogP contribution in [0.5, 0.6) is 0 Å². The average Bonchev–Trinajstić information content (AvgIpc) is 3.55. The minimum Gasteiger partial charge on any atom is -0.309 e. The lowest BCUT2D eigenvalue weighted by Crippen LogP contribution is -2.21. The summed E-state index contributed by atoms with van der Waals surface area (Å²) in [5.74, 6) is 0.663. The Hall–Kier alpha value is -3.41. The molecule has 1 saturated carbocycles. The summed E-state index contributed by atoms with van der Waals surface area (Å²) in [6.07, 6.45) is 6.42. The Morgan fingerprint density at radius 1 is 1.06 bits per heavy atom. The van der Waals surface area contributed by atoms with E-state index < -0.39 is 0 Å². The van der Waals surface area contributed by atoms with Gasteiger partial charge in [0.25, 0.3) is 0 Å². The standard InChI is InChI=1S/C25H24N4O2.C2H6.H2/c1-16-4-3-5-21(28-16)19-13-26-24(27-14-19)29-15-25(10-11-25)20-8-7-18(12-22(20)29)23(31)9-6-17(2)30;1-2;/h3-5,7-8,12-14H,6,9-11,15H2,1-2H3;1-2H3;1H. The van der Waals surface area contributed by atoms with Gasteiger partial charge in [-0.1, -0.05) is 32.0 Å². The first-order chi connectivity index (χ1) is 15.9. The van der Waals surface area contributed by atoms with Crippen LogP contribution in [0, 0.1) is 6.92 Å². The molecule has 3 aromatic rings. The number of hydrogen-bond donors (Lipinski definition) is 0. The van der Waals surface area contributed by atoms with Gasteiger partial charge in [0.1, 0.15) is 5.78 Å². The molecule has 2 aromatic heterocycles. The molecule has 3 heterocycles. The second-order valence-electron chi connectivity index (χ2n) is 8.66. The lowest BCUT2D eigenvalue weighted by atomic mass is 9.95. The Kier molecular flexibility index (Phi) is 6.36. The summed E-state index contributed by atoms with van der Waals surface area (Å²) in [5.41, 5.74) is 5.75. The fraction of sp³-hybridized carbons (Fsp3) is 0.370. The average molecular weight is 445 g/mol. The Morgan fingerprint density at radius 2 is 1.79 bits per heavy atom. The summed E-state index contributed by atoms with van der Waals surface area (Å²) in [5, 5.41) is 0. The molecule has 0 N–H and O–H groups in total. The molecule has 172 valence electrons. The third kappa shape index (κ3) is 4.56. The van der Waals surface area contributed by atoms with Crippen LogP contribution >= 0.6 is 0 Å². The molecule has 33 heavy (non-hydrogen) atoms.